The van der Waals surface area contributed by atoms with Crippen LogP contribution < -0.4 is 12.3 Å². The van der Waals surface area contributed by atoms with Gasteiger partial charge in [0.1, 0.15) is 0 Å². The van der Waals surface area contributed by atoms with Crippen molar-refractivity contribution in [1.82, 2.24) is 12.3 Å². The molecule has 0 aliphatic rings. The van der Waals surface area contributed by atoms with Crippen LogP contribution in [-0.4, -0.2) is 5.09 Å². The van der Waals surface area contributed by atoms with Gasteiger partial charge in [-0.3, -0.25) is 0 Å². The van der Waals surface area contributed by atoms with Crippen molar-refractivity contribution in [3.05, 3.63) is 28.5 Å². The van der Waals surface area contributed by atoms with Gasteiger partial charge in [-0.2, -0.15) is 0 Å². The summed E-state index contributed by atoms with van der Waals surface area (Å²) in [5.74, 6) is 0. The Morgan fingerprint density at radius 2 is 1.11 bits per heavy atom. The number of hydrogen-bond donors (Lipinski definition) is 2. The van der Waals surface area contributed by atoms with E-state index < -0.39 is 5.09 Å². The standard InChI is InChI=1S/C2H4.Cu.NO3.2H3N/c1-2;;2-1(3)4;;/h1-2H2;;;2*1H3/q;;-1;;. The first kappa shape index (κ1) is 40.0. The number of rotatable bonds is 0. The molecule has 0 bridgehead atoms. The first-order valence-electron chi connectivity index (χ1n) is 1.05. The predicted molar refractivity (Wildman–Crippen MR) is 31.7 cm³/mol. The monoisotopic (exact) mass is 187 g/mol. The summed E-state index contributed by atoms with van der Waals surface area (Å²) in [5, 5.41) is 14.8. The first-order chi connectivity index (χ1) is 2.73. The van der Waals surface area contributed by atoms with Crippen LogP contribution in [0.2, 0.25) is 0 Å². The number of hydrogen-bond acceptors (Lipinski definition) is 5. The molecule has 0 fully saturated rings. The van der Waals surface area contributed by atoms with Crippen LogP contribution in [0.15, 0.2) is 13.2 Å². The van der Waals surface area contributed by atoms with Gasteiger partial charge in [0.2, 0.25) is 0 Å². The van der Waals surface area contributed by atoms with Crippen molar-refractivity contribution >= 4 is 0 Å². The van der Waals surface area contributed by atoms with E-state index in [9.17, 15) is 0 Å². The van der Waals surface area contributed by atoms with Crippen molar-refractivity contribution in [1.29, 1.82) is 0 Å². The molecular formula is C2H10CuN3O3-. The van der Waals surface area contributed by atoms with Crippen LogP contribution in [0.3, 0.4) is 0 Å². The molecular weight excluding hydrogens is 178 g/mol. The Hall–Kier alpha value is -0.621. The molecule has 6 nitrogen and oxygen atoms in total. The van der Waals surface area contributed by atoms with Gasteiger partial charge >= 0.3 is 0 Å². The Bertz CT molecular complexity index is 48.3. The quantitative estimate of drug-likeness (QED) is 0.251. The average Bonchev–Trinajstić information content (AvgIpc) is 1.41. The largest absolute Gasteiger partial charge is 0.356 e. The van der Waals surface area contributed by atoms with Crippen molar-refractivity contribution in [3.8, 4) is 0 Å². The molecule has 0 saturated heterocycles. The van der Waals surface area contributed by atoms with Gasteiger partial charge in [-0.05, 0) is 0 Å². The van der Waals surface area contributed by atoms with Crippen LogP contribution >= 0.6 is 0 Å². The molecule has 63 valence electrons. The summed E-state index contributed by atoms with van der Waals surface area (Å²) in [6.07, 6.45) is 0. The zero-order chi connectivity index (χ0) is 5.58. The molecule has 0 heterocycles. The second-order valence-electron chi connectivity index (χ2n) is 0.224. The first-order valence-corrected chi connectivity index (χ1v) is 1.05. The minimum atomic E-state index is -1.75. The van der Waals surface area contributed by atoms with Crippen LogP contribution in [0.25, 0.3) is 0 Å². The molecule has 0 aliphatic heterocycles. The van der Waals surface area contributed by atoms with Crippen molar-refractivity contribution in [2.24, 2.45) is 0 Å². The third kappa shape index (κ3) is 555. The maximum absolute atomic E-state index is 8.25. The minimum Gasteiger partial charge on any atom is -0.356 e. The fraction of sp³-hybridized carbons (Fsp3) is 0. The fourth-order valence-electron chi connectivity index (χ4n) is 0. The van der Waals surface area contributed by atoms with E-state index >= 15 is 0 Å². The SMILES string of the molecule is C=C.N.N.O=[N+]([O-])[O-].[Cu]. The van der Waals surface area contributed by atoms with E-state index in [-0.39, 0.29) is 29.4 Å². The zero-order valence-electron chi connectivity index (χ0n) is 4.80. The topological polar surface area (TPSA) is 136 Å². The zero-order valence-corrected chi connectivity index (χ0v) is 5.74. The van der Waals surface area contributed by atoms with Crippen LogP contribution in [0.5, 0.6) is 0 Å². The van der Waals surface area contributed by atoms with Gasteiger partial charge in [0.25, 0.3) is 0 Å². The van der Waals surface area contributed by atoms with E-state index in [0.717, 1.165) is 0 Å². The molecule has 9 heavy (non-hydrogen) atoms. The van der Waals surface area contributed by atoms with Crippen molar-refractivity contribution in [2.75, 3.05) is 0 Å². The summed E-state index contributed by atoms with van der Waals surface area (Å²) < 4.78 is 0. The van der Waals surface area contributed by atoms with E-state index in [1.54, 1.807) is 0 Å². The molecule has 0 rings (SSSR count). The normalized spacial score (nSPS) is 3.11. The van der Waals surface area contributed by atoms with Gasteiger partial charge in [-0.25, -0.2) is 0 Å². The molecule has 0 atom stereocenters. The maximum Gasteiger partial charge on any atom is 0.0689 e. The second kappa shape index (κ2) is 53.0. The van der Waals surface area contributed by atoms with Gasteiger partial charge in [-0.1, -0.05) is 0 Å². The van der Waals surface area contributed by atoms with E-state index in [0.29, 0.717) is 0 Å². The van der Waals surface area contributed by atoms with Crippen LogP contribution in [0.4, 0.5) is 0 Å². The van der Waals surface area contributed by atoms with Crippen molar-refractivity contribution < 1.29 is 22.2 Å². The Labute approximate surface area is 63.7 Å². The van der Waals surface area contributed by atoms with Crippen LogP contribution in [0, 0.1) is 15.3 Å². The second-order valence-corrected chi connectivity index (χ2v) is 0.224. The molecule has 0 aromatic carbocycles. The van der Waals surface area contributed by atoms with Crippen LogP contribution in [0.1, 0.15) is 0 Å². The fourth-order valence-corrected chi connectivity index (χ4v) is 0. The average molecular weight is 188 g/mol. The van der Waals surface area contributed by atoms with E-state index in [4.69, 9.17) is 15.3 Å². The van der Waals surface area contributed by atoms with Crippen LogP contribution in [-0.2, 0) is 17.1 Å². The summed E-state index contributed by atoms with van der Waals surface area (Å²) in [5.41, 5.74) is 0. The molecule has 0 aliphatic carbocycles. The Kier molecular flexibility index (Phi) is 235. The summed E-state index contributed by atoms with van der Waals surface area (Å²) in [7, 11) is 0. The van der Waals surface area contributed by atoms with Crippen molar-refractivity contribution in [2.45, 2.75) is 0 Å². The van der Waals surface area contributed by atoms with E-state index in [1.807, 2.05) is 0 Å². The number of nitrogens with zero attached hydrogens (tertiary/aromatic N) is 1. The molecule has 0 amide bonds. The predicted octanol–water partition coefficient (Wildman–Crippen LogP) is 0.885. The molecule has 0 saturated carbocycles. The molecule has 0 aromatic heterocycles. The van der Waals surface area contributed by atoms with E-state index in [1.165, 1.54) is 0 Å². The van der Waals surface area contributed by atoms with Crippen molar-refractivity contribution in [3.63, 3.8) is 0 Å². The molecule has 0 spiro atoms. The summed E-state index contributed by atoms with van der Waals surface area (Å²) in [6.45, 7) is 6.00. The van der Waals surface area contributed by atoms with Gasteiger partial charge in [0.15, 0.2) is 0 Å². The Balaban J connectivity index is -0.00000000990. The molecule has 7 heteroatoms. The summed E-state index contributed by atoms with van der Waals surface area (Å²) in [4.78, 5) is 8.25. The summed E-state index contributed by atoms with van der Waals surface area (Å²) in [6, 6.07) is 0. The molecule has 0 aromatic rings. The third-order valence-electron chi connectivity index (χ3n) is 0. The third-order valence-corrected chi connectivity index (χ3v) is 0. The smallest absolute Gasteiger partial charge is 0.0689 e. The molecule has 1 radical (unpaired) electrons. The minimum absolute atomic E-state index is 0. The van der Waals surface area contributed by atoms with E-state index in [2.05, 4.69) is 13.2 Å². The van der Waals surface area contributed by atoms with Gasteiger partial charge < -0.3 is 27.6 Å². The Morgan fingerprint density at radius 3 is 1.11 bits per heavy atom. The maximum atomic E-state index is 8.25. The molecule has 0 unspecified atom stereocenters. The molecule has 6 N–H and O–H groups in total. The Morgan fingerprint density at radius 1 is 1.11 bits per heavy atom. The van der Waals surface area contributed by atoms with Gasteiger partial charge in [0.05, 0.1) is 5.09 Å². The summed E-state index contributed by atoms with van der Waals surface area (Å²) >= 11 is 0. The van der Waals surface area contributed by atoms with Gasteiger partial charge in [0, 0.05) is 17.1 Å². The van der Waals surface area contributed by atoms with Gasteiger partial charge in [-0.15, -0.1) is 13.2 Å².